The predicted molar refractivity (Wildman–Crippen MR) is 54.8 cm³/mol. The quantitative estimate of drug-likeness (QED) is 0.545. The lowest BCUT2D eigenvalue weighted by molar-refractivity contribution is 0.0820. The van der Waals surface area contributed by atoms with Gasteiger partial charge in [0, 0.05) is 11.8 Å². The summed E-state index contributed by atoms with van der Waals surface area (Å²) in [7, 11) is 0. The van der Waals surface area contributed by atoms with Crippen LogP contribution in [0.25, 0.3) is 5.65 Å². The van der Waals surface area contributed by atoms with Gasteiger partial charge in [-0.05, 0) is 0 Å². The molecule has 4 N–H and O–H groups in total. The summed E-state index contributed by atoms with van der Waals surface area (Å²) in [5, 5.41) is 11.3. The Hall–Kier alpha value is -1.93. The van der Waals surface area contributed by atoms with Crippen molar-refractivity contribution in [2.75, 3.05) is 18.9 Å². The number of ether oxygens (including phenoxy) is 1. The fourth-order valence-electron chi connectivity index (χ4n) is 1.31. The van der Waals surface area contributed by atoms with Gasteiger partial charge in [0.05, 0.1) is 19.8 Å². The fourth-order valence-corrected chi connectivity index (χ4v) is 1.31. The summed E-state index contributed by atoms with van der Waals surface area (Å²) in [5.41, 5.74) is 5.92. The molecule has 0 radical (unpaired) electrons. The number of fused-ring (bicyclic) bond motifs is 1. The highest BCUT2D eigenvalue weighted by Crippen LogP contribution is 2.07. The molecule has 0 amide bonds. The molecule has 2 aromatic heterocycles. The van der Waals surface area contributed by atoms with E-state index in [2.05, 4.69) is 15.1 Å². The maximum Gasteiger partial charge on any atom is 0.371 e. The van der Waals surface area contributed by atoms with Crippen LogP contribution in [0.4, 0.5) is 5.95 Å². The van der Waals surface area contributed by atoms with Crippen LogP contribution in [-0.2, 0) is 11.3 Å². The Labute approximate surface area is 89.7 Å². The second-order valence-electron chi connectivity index (χ2n) is 3.10. The Morgan fingerprint density at radius 1 is 1.56 bits per heavy atom. The minimum atomic E-state index is -0.518. The molecule has 8 heteroatoms. The first-order chi connectivity index (χ1) is 7.72. The zero-order chi connectivity index (χ0) is 11.5. The molecular weight excluding hydrogens is 214 g/mol. The average Bonchev–Trinajstić information content (AvgIpc) is 2.62. The molecule has 0 spiro atoms. The highest BCUT2D eigenvalue weighted by molar-refractivity contribution is 5.47. The first-order valence-electron chi connectivity index (χ1n) is 4.63. The van der Waals surface area contributed by atoms with Gasteiger partial charge in [0.1, 0.15) is 0 Å². The molecule has 2 heterocycles. The van der Waals surface area contributed by atoms with Gasteiger partial charge in [-0.2, -0.15) is 14.5 Å². The van der Waals surface area contributed by atoms with Crippen molar-refractivity contribution in [2.45, 2.75) is 6.61 Å². The normalized spacial score (nSPS) is 11.1. The number of hydrogen-bond donors (Lipinski definition) is 3. The lowest BCUT2D eigenvalue weighted by Crippen LogP contribution is -2.20. The first kappa shape index (κ1) is 10.6. The van der Waals surface area contributed by atoms with Gasteiger partial charge in [-0.1, -0.05) is 0 Å². The van der Waals surface area contributed by atoms with Gasteiger partial charge in [-0.15, -0.1) is 0 Å². The number of H-pyrrole nitrogens is 1. The fraction of sp³-hybridized carbons (Fsp3) is 0.375. The summed E-state index contributed by atoms with van der Waals surface area (Å²) in [6.45, 7) is 0.408. The van der Waals surface area contributed by atoms with Gasteiger partial charge in [0.2, 0.25) is 5.95 Å². The van der Waals surface area contributed by atoms with Crippen molar-refractivity contribution in [1.82, 2.24) is 19.6 Å². The molecule has 0 aromatic carbocycles. The van der Waals surface area contributed by atoms with Crippen molar-refractivity contribution in [3.05, 3.63) is 22.2 Å². The van der Waals surface area contributed by atoms with Crippen molar-refractivity contribution in [3.8, 4) is 0 Å². The van der Waals surface area contributed by atoms with E-state index < -0.39 is 5.69 Å². The lowest BCUT2D eigenvalue weighted by Gasteiger charge is -1.99. The Balaban J connectivity index is 2.36. The van der Waals surface area contributed by atoms with Crippen LogP contribution in [0.5, 0.6) is 0 Å². The van der Waals surface area contributed by atoms with Crippen LogP contribution in [0.15, 0.2) is 11.0 Å². The number of aliphatic hydroxyl groups excluding tert-OH is 1. The van der Waals surface area contributed by atoms with Crippen molar-refractivity contribution < 1.29 is 9.84 Å². The van der Waals surface area contributed by atoms with Crippen LogP contribution in [0.2, 0.25) is 0 Å². The first-order valence-corrected chi connectivity index (χ1v) is 4.63. The molecule has 16 heavy (non-hydrogen) atoms. The van der Waals surface area contributed by atoms with Crippen molar-refractivity contribution in [2.24, 2.45) is 0 Å². The van der Waals surface area contributed by atoms with Gasteiger partial charge in [0.25, 0.3) is 0 Å². The van der Waals surface area contributed by atoms with E-state index in [4.69, 9.17) is 15.6 Å². The SMILES string of the molecule is Nc1nc(=O)n2[nH]cc(COCCO)c2n1. The molecule has 0 fully saturated rings. The summed E-state index contributed by atoms with van der Waals surface area (Å²) in [4.78, 5) is 18.8. The minimum absolute atomic E-state index is 0.0561. The molecule has 2 rings (SSSR count). The number of aliphatic hydroxyl groups is 1. The molecule has 0 unspecified atom stereocenters. The molecule has 0 aliphatic carbocycles. The van der Waals surface area contributed by atoms with E-state index in [0.717, 1.165) is 0 Å². The molecule has 86 valence electrons. The molecule has 0 aliphatic heterocycles. The van der Waals surface area contributed by atoms with Crippen LogP contribution in [0.1, 0.15) is 5.56 Å². The van der Waals surface area contributed by atoms with E-state index in [0.29, 0.717) is 11.2 Å². The van der Waals surface area contributed by atoms with Crippen LogP contribution in [0, 0.1) is 0 Å². The third-order valence-corrected chi connectivity index (χ3v) is 1.98. The predicted octanol–water partition coefficient (Wildman–Crippen LogP) is -1.49. The Morgan fingerprint density at radius 2 is 2.38 bits per heavy atom. The number of anilines is 1. The van der Waals surface area contributed by atoms with Gasteiger partial charge in [-0.3, -0.25) is 5.10 Å². The van der Waals surface area contributed by atoms with Gasteiger partial charge >= 0.3 is 5.69 Å². The number of nitrogens with one attached hydrogen (secondary N) is 1. The highest BCUT2D eigenvalue weighted by atomic mass is 16.5. The zero-order valence-corrected chi connectivity index (χ0v) is 8.38. The zero-order valence-electron chi connectivity index (χ0n) is 8.38. The highest BCUT2D eigenvalue weighted by Gasteiger charge is 2.08. The number of aromatic nitrogens is 4. The number of nitrogens with two attached hydrogens (primary N) is 1. The molecular formula is C8H11N5O3. The third-order valence-electron chi connectivity index (χ3n) is 1.98. The Morgan fingerprint density at radius 3 is 3.12 bits per heavy atom. The second kappa shape index (κ2) is 4.29. The summed E-state index contributed by atoms with van der Waals surface area (Å²) >= 11 is 0. The van der Waals surface area contributed by atoms with Crippen LogP contribution in [0.3, 0.4) is 0 Å². The molecule has 0 atom stereocenters. The lowest BCUT2D eigenvalue weighted by atomic mass is 10.4. The van der Waals surface area contributed by atoms with Gasteiger partial charge < -0.3 is 15.6 Å². The maximum absolute atomic E-state index is 11.4. The van der Waals surface area contributed by atoms with Crippen LogP contribution >= 0.6 is 0 Å². The summed E-state index contributed by atoms with van der Waals surface area (Å²) in [6, 6.07) is 0. The second-order valence-corrected chi connectivity index (χ2v) is 3.10. The van der Waals surface area contributed by atoms with E-state index >= 15 is 0 Å². The van der Waals surface area contributed by atoms with Crippen LogP contribution in [-0.4, -0.2) is 37.9 Å². The largest absolute Gasteiger partial charge is 0.394 e. The Kier molecular flexibility index (Phi) is 2.84. The van der Waals surface area contributed by atoms with E-state index in [1.165, 1.54) is 4.52 Å². The number of hydrogen-bond acceptors (Lipinski definition) is 6. The maximum atomic E-state index is 11.4. The molecule has 2 aromatic rings. The summed E-state index contributed by atoms with van der Waals surface area (Å²) in [6.07, 6.45) is 1.59. The number of aromatic amines is 1. The topological polar surface area (TPSA) is 119 Å². The minimum Gasteiger partial charge on any atom is -0.394 e. The molecule has 0 saturated carbocycles. The molecule has 0 saturated heterocycles. The smallest absolute Gasteiger partial charge is 0.371 e. The van der Waals surface area contributed by atoms with Gasteiger partial charge in [0.15, 0.2) is 5.65 Å². The third kappa shape index (κ3) is 1.88. The monoisotopic (exact) mass is 225 g/mol. The van der Waals surface area contributed by atoms with E-state index in [1.807, 2.05) is 0 Å². The van der Waals surface area contributed by atoms with E-state index in [-0.39, 0.29) is 25.8 Å². The van der Waals surface area contributed by atoms with E-state index in [1.54, 1.807) is 6.20 Å². The number of nitrogens with zero attached hydrogens (tertiary/aromatic N) is 3. The summed E-state index contributed by atoms with van der Waals surface area (Å²) in [5.74, 6) is -0.0759. The summed E-state index contributed by atoms with van der Waals surface area (Å²) < 4.78 is 6.30. The van der Waals surface area contributed by atoms with E-state index in [9.17, 15) is 4.79 Å². The Bertz CT molecular complexity index is 546. The number of rotatable bonds is 4. The average molecular weight is 225 g/mol. The molecule has 0 aliphatic rings. The standard InChI is InChI=1S/C8H11N5O3/c9-7-11-6-5(4-16-2-1-14)3-10-13(6)8(15)12-7/h3,10,14H,1-2,4H2,(H2,9,12,15). The number of nitrogen functional groups attached to an aromatic ring is 1. The molecule has 8 nitrogen and oxygen atoms in total. The van der Waals surface area contributed by atoms with Crippen molar-refractivity contribution in [3.63, 3.8) is 0 Å². The molecule has 0 bridgehead atoms. The van der Waals surface area contributed by atoms with Crippen molar-refractivity contribution in [1.29, 1.82) is 0 Å². The van der Waals surface area contributed by atoms with Gasteiger partial charge in [-0.25, -0.2) is 4.79 Å². The van der Waals surface area contributed by atoms with Crippen LogP contribution < -0.4 is 11.4 Å². The van der Waals surface area contributed by atoms with Crippen molar-refractivity contribution >= 4 is 11.6 Å².